The number of carbonyl (C=O) groups is 2. The maximum Gasteiger partial charge on any atom is 0.490 e. The van der Waals surface area contributed by atoms with E-state index < -0.39 is 12.1 Å². The van der Waals surface area contributed by atoms with Crippen molar-refractivity contribution in [2.24, 2.45) is 11.8 Å². The normalized spacial score (nSPS) is 25.0. The Kier molecular flexibility index (Phi) is 6.88. The average Bonchev–Trinajstić information content (AvgIpc) is 3.23. The summed E-state index contributed by atoms with van der Waals surface area (Å²) in [6.45, 7) is 3.34. The van der Waals surface area contributed by atoms with Gasteiger partial charge in [-0.1, -0.05) is 0 Å². The van der Waals surface area contributed by atoms with E-state index in [1.165, 1.54) is 0 Å². The molecule has 0 spiro atoms. The molecule has 7 nitrogen and oxygen atoms in total. The van der Waals surface area contributed by atoms with Crippen LogP contribution < -0.4 is 0 Å². The molecule has 2 fully saturated rings. The third kappa shape index (κ3) is 5.70. The molecule has 0 radical (unpaired) electrons. The van der Waals surface area contributed by atoms with E-state index in [-0.39, 0.29) is 12.0 Å². The van der Waals surface area contributed by atoms with E-state index in [1.54, 1.807) is 18.4 Å². The number of hydrogen-bond acceptors (Lipinski definition) is 5. The minimum Gasteiger partial charge on any atom is -0.475 e. The number of piperidine rings is 1. The summed E-state index contributed by atoms with van der Waals surface area (Å²) < 4.78 is 42.9. The molecule has 1 aromatic heterocycles. The van der Waals surface area contributed by atoms with Crippen molar-refractivity contribution in [2.75, 3.05) is 40.3 Å². The SMILES string of the molecule is CN(C)C[C@H]1OC[C@@H]2CCN(C(=O)c3ccco3)C[C@@H]21.O=C(O)C(F)(F)F. The van der Waals surface area contributed by atoms with E-state index >= 15 is 0 Å². The number of rotatable bonds is 3. The van der Waals surface area contributed by atoms with Crippen LogP contribution in [0.4, 0.5) is 13.2 Å². The summed E-state index contributed by atoms with van der Waals surface area (Å²) in [4.78, 5) is 25.3. The van der Waals surface area contributed by atoms with E-state index in [2.05, 4.69) is 19.0 Å². The Bertz CT molecular complexity index is 633. The zero-order valence-electron chi connectivity index (χ0n) is 15.1. The van der Waals surface area contributed by atoms with Gasteiger partial charge in [0.05, 0.1) is 19.0 Å². The Labute approximate surface area is 154 Å². The second kappa shape index (κ2) is 8.75. The van der Waals surface area contributed by atoms with Gasteiger partial charge in [0, 0.05) is 25.6 Å². The topological polar surface area (TPSA) is 83.2 Å². The van der Waals surface area contributed by atoms with Gasteiger partial charge >= 0.3 is 12.1 Å². The molecule has 2 aliphatic rings. The largest absolute Gasteiger partial charge is 0.490 e. The van der Waals surface area contributed by atoms with Crippen molar-refractivity contribution in [1.82, 2.24) is 9.80 Å². The monoisotopic (exact) mass is 392 g/mol. The predicted molar refractivity (Wildman–Crippen MR) is 88.2 cm³/mol. The van der Waals surface area contributed by atoms with Crippen molar-refractivity contribution >= 4 is 11.9 Å². The van der Waals surface area contributed by atoms with Gasteiger partial charge in [-0.15, -0.1) is 0 Å². The highest BCUT2D eigenvalue weighted by Gasteiger charge is 2.42. The van der Waals surface area contributed by atoms with Crippen LogP contribution >= 0.6 is 0 Å². The molecule has 0 aliphatic carbocycles. The maximum atomic E-state index is 12.4. The molecule has 1 N–H and O–H groups in total. The van der Waals surface area contributed by atoms with Gasteiger partial charge in [0.25, 0.3) is 5.91 Å². The fraction of sp³-hybridized carbons (Fsp3) is 0.647. The van der Waals surface area contributed by atoms with Gasteiger partial charge in [-0.25, -0.2) is 4.79 Å². The molecule has 2 saturated heterocycles. The second-order valence-electron chi connectivity index (χ2n) is 6.88. The standard InChI is InChI=1S/C15H22N2O3.C2HF3O2/c1-16(2)9-14-12-8-17(6-5-11(12)10-20-14)15(18)13-4-3-7-19-13;3-2(4,5)1(6)7/h3-4,7,11-12,14H,5-6,8-10H2,1-2H3;(H,6,7)/t11-,12-,14+;/m0./s1. The van der Waals surface area contributed by atoms with Crippen LogP contribution in [0.2, 0.25) is 0 Å². The van der Waals surface area contributed by atoms with E-state index in [0.29, 0.717) is 17.6 Å². The van der Waals surface area contributed by atoms with Crippen LogP contribution in [0.5, 0.6) is 0 Å². The number of carboxylic acid groups (broad SMARTS) is 1. The molecular formula is C17H23F3N2O5. The Hall–Kier alpha value is -2.07. The smallest absolute Gasteiger partial charge is 0.475 e. The van der Waals surface area contributed by atoms with Crippen molar-refractivity contribution in [3.63, 3.8) is 0 Å². The lowest BCUT2D eigenvalue weighted by molar-refractivity contribution is -0.192. The van der Waals surface area contributed by atoms with Crippen LogP contribution in [0.3, 0.4) is 0 Å². The van der Waals surface area contributed by atoms with Gasteiger partial charge in [-0.05, 0) is 38.6 Å². The fourth-order valence-electron chi connectivity index (χ4n) is 3.32. The molecule has 152 valence electrons. The van der Waals surface area contributed by atoms with Crippen LogP contribution in [-0.2, 0) is 9.53 Å². The van der Waals surface area contributed by atoms with Gasteiger partial charge in [0.1, 0.15) is 0 Å². The number of alkyl halides is 3. The first kappa shape index (κ1) is 21.2. The molecule has 0 bridgehead atoms. The number of likely N-dealkylation sites (tertiary alicyclic amines) is 1. The first-order valence-electron chi connectivity index (χ1n) is 8.48. The number of furan rings is 1. The number of fused-ring (bicyclic) bond motifs is 1. The molecule has 0 aromatic carbocycles. The number of ether oxygens (including phenoxy) is 1. The molecule has 3 rings (SSSR count). The minimum absolute atomic E-state index is 0.00366. The van der Waals surface area contributed by atoms with Crippen molar-refractivity contribution < 1.29 is 37.0 Å². The minimum atomic E-state index is -5.08. The van der Waals surface area contributed by atoms with Crippen LogP contribution in [0.1, 0.15) is 17.0 Å². The van der Waals surface area contributed by atoms with Gasteiger partial charge < -0.3 is 24.1 Å². The molecule has 27 heavy (non-hydrogen) atoms. The molecule has 0 unspecified atom stereocenters. The van der Waals surface area contributed by atoms with Crippen molar-refractivity contribution in [3.05, 3.63) is 24.2 Å². The molecule has 0 saturated carbocycles. The first-order valence-corrected chi connectivity index (χ1v) is 8.48. The lowest BCUT2D eigenvalue weighted by atomic mass is 9.84. The summed E-state index contributed by atoms with van der Waals surface area (Å²) in [7, 11) is 4.12. The molecule has 2 aliphatic heterocycles. The Morgan fingerprint density at radius 1 is 1.37 bits per heavy atom. The van der Waals surface area contributed by atoms with Crippen LogP contribution in [0, 0.1) is 11.8 Å². The van der Waals surface area contributed by atoms with Crippen LogP contribution in [-0.4, -0.2) is 79.4 Å². The number of amides is 1. The van der Waals surface area contributed by atoms with E-state index in [1.807, 2.05) is 4.90 Å². The van der Waals surface area contributed by atoms with Crippen molar-refractivity contribution in [3.8, 4) is 0 Å². The van der Waals surface area contributed by atoms with E-state index in [0.717, 1.165) is 32.7 Å². The van der Waals surface area contributed by atoms with Gasteiger partial charge in [0.2, 0.25) is 0 Å². The summed E-state index contributed by atoms with van der Waals surface area (Å²) in [5.74, 6) is -1.27. The van der Waals surface area contributed by atoms with Crippen molar-refractivity contribution in [1.29, 1.82) is 0 Å². The summed E-state index contributed by atoms with van der Waals surface area (Å²) in [5.41, 5.74) is 0. The van der Waals surface area contributed by atoms with Gasteiger partial charge in [-0.2, -0.15) is 13.2 Å². The zero-order chi connectivity index (χ0) is 20.2. The summed E-state index contributed by atoms with van der Waals surface area (Å²) in [6, 6.07) is 3.49. The van der Waals surface area contributed by atoms with E-state index in [4.69, 9.17) is 19.1 Å². The average molecular weight is 392 g/mol. The fourth-order valence-corrected chi connectivity index (χ4v) is 3.32. The lowest BCUT2D eigenvalue weighted by Gasteiger charge is -2.36. The number of carbonyl (C=O) groups excluding carboxylic acids is 1. The van der Waals surface area contributed by atoms with E-state index in [9.17, 15) is 18.0 Å². The molecule has 1 aromatic rings. The number of hydrogen-bond donors (Lipinski definition) is 1. The van der Waals surface area contributed by atoms with Crippen LogP contribution in [0.25, 0.3) is 0 Å². The number of likely N-dealkylation sites (N-methyl/N-ethyl adjacent to an activating group) is 1. The lowest BCUT2D eigenvalue weighted by Crippen LogP contribution is -2.46. The highest BCUT2D eigenvalue weighted by atomic mass is 19.4. The highest BCUT2D eigenvalue weighted by Crippen LogP contribution is 2.34. The molecular weight excluding hydrogens is 369 g/mol. The van der Waals surface area contributed by atoms with Gasteiger partial charge in [0.15, 0.2) is 5.76 Å². The third-order valence-corrected chi connectivity index (χ3v) is 4.62. The Morgan fingerprint density at radius 3 is 2.56 bits per heavy atom. The molecule has 3 atom stereocenters. The predicted octanol–water partition coefficient (Wildman–Crippen LogP) is 1.95. The second-order valence-corrected chi connectivity index (χ2v) is 6.88. The number of halogens is 3. The molecule has 10 heteroatoms. The maximum absolute atomic E-state index is 12.4. The molecule has 3 heterocycles. The Morgan fingerprint density at radius 2 is 2.04 bits per heavy atom. The Balaban J connectivity index is 0.000000321. The van der Waals surface area contributed by atoms with Crippen molar-refractivity contribution in [2.45, 2.75) is 18.7 Å². The third-order valence-electron chi connectivity index (χ3n) is 4.62. The van der Waals surface area contributed by atoms with Gasteiger partial charge in [-0.3, -0.25) is 4.79 Å². The zero-order valence-corrected chi connectivity index (χ0v) is 15.1. The first-order chi connectivity index (χ1) is 12.6. The van der Waals surface area contributed by atoms with Crippen LogP contribution in [0.15, 0.2) is 22.8 Å². The number of nitrogens with zero attached hydrogens (tertiary/aromatic N) is 2. The highest BCUT2D eigenvalue weighted by molar-refractivity contribution is 5.91. The molecule has 1 amide bonds. The number of carboxylic acids is 1. The number of aliphatic carboxylic acids is 1. The summed E-state index contributed by atoms with van der Waals surface area (Å²) >= 11 is 0. The summed E-state index contributed by atoms with van der Waals surface area (Å²) in [6.07, 6.45) is -2.27. The summed E-state index contributed by atoms with van der Waals surface area (Å²) in [5, 5.41) is 7.12. The quantitative estimate of drug-likeness (QED) is 0.847.